The lowest BCUT2D eigenvalue weighted by Crippen LogP contribution is -2.30. The summed E-state index contributed by atoms with van der Waals surface area (Å²) in [6, 6.07) is 0. The van der Waals surface area contributed by atoms with Crippen molar-refractivity contribution in [3.8, 4) is 0 Å². The van der Waals surface area contributed by atoms with E-state index in [9.17, 15) is 4.79 Å². The van der Waals surface area contributed by atoms with E-state index in [0.717, 1.165) is 19.0 Å². The van der Waals surface area contributed by atoms with Crippen molar-refractivity contribution in [3.63, 3.8) is 0 Å². The first-order valence-corrected chi connectivity index (χ1v) is 6.38. The summed E-state index contributed by atoms with van der Waals surface area (Å²) in [6.45, 7) is 7.01. The molecule has 0 radical (unpaired) electrons. The molecular weight excluding hydrogens is 232 g/mol. The van der Waals surface area contributed by atoms with Crippen LogP contribution in [0.3, 0.4) is 0 Å². The van der Waals surface area contributed by atoms with Crippen LogP contribution in [0.5, 0.6) is 0 Å². The van der Waals surface area contributed by atoms with Gasteiger partial charge in [0, 0.05) is 13.1 Å². The minimum atomic E-state index is -1.04. The molecule has 1 aromatic heterocycles. The number of nitrogens with zero attached hydrogens (tertiary/aromatic N) is 3. The van der Waals surface area contributed by atoms with E-state index >= 15 is 0 Å². The fourth-order valence-electron chi connectivity index (χ4n) is 2.16. The highest BCUT2D eigenvalue weighted by Gasteiger charge is 2.44. The number of hydrogen-bond acceptors (Lipinski definition) is 4. The molecule has 0 bridgehead atoms. The minimum Gasteiger partial charge on any atom is -0.476 e. The molecule has 1 fully saturated rings. The van der Waals surface area contributed by atoms with E-state index < -0.39 is 5.97 Å². The molecule has 0 aromatic carbocycles. The van der Waals surface area contributed by atoms with E-state index in [4.69, 9.17) is 5.11 Å². The van der Waals surface area contributed by atoms with E-state index in [2.05, 4.69) is 29.5 Å². The number of aromatic carboxylic acids is 1. The number of carboxylic acid groups (broad SMARTS) is 1. The standard InChI is InChI=1S/C12H20N4O2/c1-9(2)12(3-4-12)8-13-5-6-16-7-10(11(17)18)14-15-16/h7,9,13H,3-6,8H2,1-2H3,(H,17,18). The summed E-state index contributed by atoms with van der Waals surface area (Å²) in [4.78, 5) is 10.6. The average Bonchev–Trinajstić information content (AvgIpc) is 2.96. The second kappa shape index (κ2) is 5.06. The third-order valence-corrected chi connectivity index (χ3v) is 3.87. The first kappa shape index (κ1) is 13.0. The summed E-state index contributed by atoms with van der Waals surface area (Å²) in [7, 11) is 0. The molecule has 0 spiro atoms. The highest BCUT2D eigenvalue weighted by Crippen LogP contribution is 2.51. The Kier molecular flexibility index (Phi) is 3.65. The van der Waals surface area contributed by atoms with Crippen molar-refractivity contribution < 1.29 is 9.90 Å². The molecule has 1 heterocycles. The van der Waals surface area contributed by atoms with Crippen molar-refractivity contribution in [2.75, 3.05) is 13.1 Å². The average molecular weight is 252 g/mol. The summed E-state index contributed by atoms with van der Waals surface area (Å²) in [5, 5.41) is 19.5. The normalized spacial score (nSPS) is 17.1. The number of nitrogens with one attached hydrogen (secondary N) is 1. The van der Waals surface area contributed by atoms with Gasteiger partial charge in [-0.1, -0.05) is 19.1 Å². The molecule has 6 heteroatoms. The lowest BCUT2D eigenvalue weighted by Gasteiger charge is -2.19. The van der Waals surface area contributed by atoms with Gasteiger partial charge in [0.05, 0.1) is 12.7 Å². The maximum Gasteiger partial charge on any atom is 0.358 e. The van der Waals surface area contributed by atoms with Crippen LogP contribution in [-0.4, -0.2) is 39.2 Å². The van der Waals surface area contributed by atoms with Crippen molar-refractivity contribution in [1.29, 1.82) is 0 Å². The van der Waals surface area contributed by atoms with E-state index in [0.29, 0.717) is 12.0 Å². The molecule has 6 nitrogen and oxygen atoms in total. The van der Waals surface area contributed by atoms with Crippen LogP contribution in [0.15, 0.2) is 6.20 Å². The Morgan fingerprint density at radius 1 is 1.61 bits per heavy atom. The van der Waals surface area contributed by atoms with Crippen LogP contribution in [0, 0.1) is 11.3 Å². The van der Waals surface area contributed by atoms with Gasteiger partial charge in [0.2, 0.25) is 0 Å². The van der Waals surface area contributed by atoms with Gasteiger partial charge in [-0.05, 0) is 24.2 Å². The Labute approximate surface area is 106 Å². The van der Waals surface area contributed by atoms with Gasteiger partial charge < -0.3 is 10.4 Å². The van der Waals surface area contributed by atoms with Crippen LogP contribution in [-0.2, 0) is 6.54 Å². The summed E-state index contributed by atoms with van der Waals surface area (Å²) >= 11 is 0. The first-order chi connectivity index (χ1) is 8.53. The van der Waals surface area contributed by atoms with Gasteiger partial charge in [-0.3, -0.25) is 4.68 Å². The maximum absolute atomic E-state index is 10.6. The van der Waals surface area contributed by atoms with Gasteiger partial charge in [0.1, 0.15) is 0 Å². The number of hydrogen-bond donors (Lipinski definition) is 2. The molecule has 0 saturated heterocycles. The van der Waals surface area contributed by atoms with Crippen molar-refractivity contribution >= 4 is 5.97 Å². The Morgan fingerprint density at radius 3 is 2.83 bits per heavy atom. The van der Waals surface area contributed by atoms with Crippen molar-refractivity contribution in [3.05, 3.63) is 11.9 Å². The molecule has 0 aliphatic heterocycles. The molecule has 0 amide bonds. The molecule has 2 rings (SSSR count). The second-order valence-electron chi connectivity index (χ2n) is 5.37. The monoisotopic (exact) mass is 252 g/mol. The Hall–Kier alpha value is -1.43. The molecule has 0 atom stereocenters. The minimum absolute atomic E-state index is 0.00385. The van der Waals surface area contributed by atoms with Gasteiger partial charge in [0.15, 0.2) is 5.69 Å². The number of carbonyl (C=O) groups is 1. The molecule has 100 valence electrons. The molecule has 0 unspecified atom stereocenters. The van der Waals surface area contributed by atoms with Crippen molar-refractivity contribution in [2.45, 2.75) is 33.2 Å². The van der Waals surface area contributed by atoms with Gasteiger partial charge in [0.25, 0.3) is 0 Å². The molecular formula is C12H20N4O2. The third kappa shape index (κ3) is 2.87. The number of rotatable bonds is 7. The lowest BCUT2D eigenvalue weighted by molar-refractivity contribution is 0.0690. The molecule has 18 heavy (non-hydrogen) atoms. The van der Waals surface area contributed by atoms with E-state index in [1.165, 1.54) is 19.0 Å². The van der Waals surface area contributed by atoms with Crippen LogP contribution in [0.1, 0.15) is 37.2 Å². The SMILES string of the molecule is CC(C)C1(CNCCn2cc(C(=O)O)nn2)CC1. The highest BCUT2D eigenvalue weighted by molar-refractivity contribution is 5.84. The van der Waals surface area contributed by atoms with Gasteiger partial charge in [-0.2, -0.15) is 0 Å². The summed E-state index contributed by atoms with van der Waals surface area (Å²) in [5.41, 5.74) is 0.491. The Balaban J connectivity index is 1.70. The zero-order valence-corrected chi connectivity index (χ0v) is 10.9. The predicted octanol–water partition coefficient (Wildman–Crippen LogP) is 1.00. The fraction of sp³-hybridized carbons (Fsp3) is 0.750. The molecule has 2 N–H and O–H groups in total. The topological polar surface area (TPSA) is 80.0 Å². The van der Waals surface area contributed by atoms with Crippen LogP contribution in [0.25, 0.3) is 0 Å². The zero-order chi connectivity index (χ0) is 13.2. The molecule has 1 saturated carbocycles. The molecule has 1 aliphatic carbocycles. The summed E-state index contributed by atoms with van der Waals surface area (Å²) in [5.74, 6) is -0.319. The summed E-state index contributed by atoms with van der Waals surface area (Å²) in [6.07, 6.45) is 4.08. The van der Waals surface area contributed by atoms with Crippen LogP contribution in [0.4, 0.5) is 0 Å². The molecule has 1 aromatic rings. The predicted molar refractivity (Wildman–Crippen MR) is 66.4 cm³/mol. The van der Waals surface area contributed by atoms with Crippen LogP contribution >= 0.6 is 0 Å². The van der Waals surface area contributed by atoms with Gasteiger partial charge in [-0.25, -0.2) is 4.79 Å². The zero-order valence-electron chi connectivity index (χ0n) is 10.9. The Morgan fingerprint density at radius 2 is 2.33 bits per heavy atom. The largest absolute Gasteiger partial charge is 0.476 e. The third-order valence-electron chi connectivity index (χ3n) is 3.87. The van der Waals surface area contributed by atoms with Crippen molar-refractivity contribution in [1.82, 2.24) is 20.3 Å². The Bertz CT molecular complexity index is 423. The lowest BCUT2D eigenvalue weighted by atomic mass is 9.92. The first-order valence-electron chi connectivity index (χ1n) is 6.38. The summed E-state index contributed by atoms with van der Waals surface area (Å²) < 4.78 is 1.56. The van der Waals surface area contributed by atoms with E-state index in [1.54, 1.807) is 4.68 Å². The van der Waals surface area contributed by atoms with Crippen molar-refractivity contribution in [2.24, 2.45) is 11.3 Å². The van der Waals surface area contributed by atoms with Gasteiger partial charge in [-0.15, -0.1) is 5.10 Å². The maximum atomic E-state index is 10.6. The smallest absolute Gasteiger partial charge is 0.358 e. The van der Waals surface area contributed by atoms with Gasteiger partial charge >= 0.3 is 5.97 Å². The van der Waals surface area contributed by atoms with Crippen LogP contribution < -0.4 is 5.32 Å². The van der Waals surface area contributed by atoms with Crippen LogP contribution in [0.2, 0.25) is 0 Å². The number of aromatic nitrogens is 3. The number of carboxylic acids is 1. The molecule has 1 aliphatic rings. The highest BCUT2D eigenvalue weighted by atomic mass is 16.4. The van der Waals surface area contributed by atoms with E-state index in [1.807, 2.05) is 0 Å². The van der Waals surface area contributed by atoms with E-state index in [-0.39, 0.29) is 5.69 Å². The second-order valence-corrected chi connectivity index (χ2v) is 5.37. The fourth-order valence-corrected chi connectivity index (χ4v) is 2.16. The quantitative estimate of drug-likeness (QED) is 0.708.